The maximum absolute atomic E-state index is 12.5. The molecule has 0 aliphatic carbocycles. The lowest BCUT2D eigenvalue weighted by Gasteiger charge is -2.19. The summed E-state index contributed by atoms with van der Waals surface area (Å²) in [7, 11) is 11.6. The normalized spacial score (nSPS) is 11.2. The number of hydrogen-bond acceptors (Lipinski definition) is 6. The number of nitrogens with zero attached hydrogens (tertiary/aromatic N) is 4. The molecule has 0 unspecified atom stereocenters. The average Bonchev–Trinajstić information content (AvgIpc) is 3.08. The first kappa shape index (κ1) is 41.1. The van der Waals surface area contributed by atoms with Crippen LogP contribution in [0.4, 0.5) is 0 Å². The minimum atomic E-state index is 0.268. The predicted octanol–water partition coefficient (Wildman–Crippen LogP) is 7.65. The fraction of sp³-hybridized carbons (Fsp3) is 0.650. The molecule has 0 aliphatic heterocycles. The fourth-order valence-corrected chi connectivity index (χ4v) is 6.03. The van der Waals surface area contributed by atoms with E-state index in [0.717, 1.165) is 115 Å². The molecule has 0 saturated heterocycles. The van der Waals surface area contributed by atoms with Gasteiger partial charge >= 0.3 is 0 Å². The van der Waals surface area contributed by atoms with Gasteiger partial charge in [-0.25, -0.2) is 0 Å². The summed E-state index contributed by atoms with van der Waals surface area (Å²) in [6.07, 6.45) is 14.4. The Morgan fingerprint density at radius 2 is 0.854 bits per heavy atom. The van der Waals surface area contributed by atoms with Crippen LogP contribution >= 0.6 is 0 Å². The summed E-state index contributed by atoms with van der Waals surface area (Å²) in [5.74, 6) is 2.33. The van der Waals surface area contributed by atoms with Gasteiger partial charge in [0.25, 0.3) is 0 Å². The van der Waals surface area contributed by atoms with E-state index < -0.39 is 0 Å². The second kappa shape index (κ2) is 25.0. The van der Waals surface area contributed by atoms with Crippen molar-refractivity contribution in [2.24, 2.45) is 0 Å². The second-order valence-electron chi connectivity index (χ2n) is 13.6. The van der Waals surface area contributed by atoms with E-state index >= 15 is 0 Å². The van der Waals surface area contributed by atoms with Crippen LogP contribution in [0.25, 0.3) is 0 Å². The third kappa shape index (κ3) is 18.4. The summed E-state index contributed by atoms with van der Waals surface area (Å²) < 4.78 is 10.6. The largest absolute Gasteiger partial charge is 0.497 e. The molecule has 0 fully saturated rings. The highest BCUT2D eigenvalue weighted by Crippen LogP contribution is 2.16. The summed E-state index contributed by atoms with van der Waals surface area (Å²) >= 11 is 0. The van der Waals surface area contributed by atoms with Gasteiger partial charge in [0, 0.05) is 53.1 Å². The molecule has 48 heavy (non-hydrogen) atoms. The molecular formula is C40H66N4O4. The van der Waals surface area contributed by atoms with E-state index in [-0.39, 0.29) is 11.8 Å². The molecule has 0 heterocycles. The minimum Gasteiger partial charge on any atom is -0.497 e. The van der Waals surface area contributed by atoms with Gasteiger partial charge in [0.15, 0.2) is 0 Å². The Bertz CT molecular complexity index is 1070. The Morgan fingerprint density at radius 1 is 0.500 bits per heavy atom. The van der Waals surface area contributed by atoms with Crippen molar-refractivity contribution in [3.8, 4) is 11.5 Å². The van der Waals surface area contributed by atoms with Crippen LogP contribution < -0.4 is 9.47 Å². The van der Waals surface area contributed by atoms with Gasteiger partial charge in [-0.1, -0.05) is 62.8 Å². The third-order valence-electron chi connectivity index (χ3n) is 9.12. The molecule has 0 bridgehead atoms. The fourth-order valence-electron chi connectivity index (χ4n) is 6.03. The number of carbonyl (C=O) groups is 2. The van der Waals surface area contributed by atoms with E-state index in [2.05, 4.69) is 48.2 Å². The predicted molar refractivity (Wildman–Crippen MR) is 199 cm³/mol. The van der Waals surface area contributed by atoms with Crippen molar-refractivity contribution in [3.63, 3.8) is 0 Å². The van der Waals surface area contributed by atoms with E-state index in [9.17, 15) is 9.59 Å². The zero-order valence-corrected chi connectivity index (χ0v) is 31.2. The van der Waals surface area contributed by atoms with Crippen molar-refractivity contribution in [3.05, 3.63) is 59.7 Å². The molecule has 0 spiro atoms. The van der Waals surface area contributed by atoms with Crippen LogP contribution in [0.5, 0.6) is 11.5 Å². The van der Waals surface area contributed by atoms with Gasteiger partial charge in [0.05, 0.1) is 14.2 Å². The summed E-state index contributed by atoms with van der Waals surface area (Å²) in [5.41, 5.74) is 2.51. The van der Waals surface area contributed by atoms with Gasteiger partial charge in [-0.05, 0) is 101 Å². The first-order chi connectivity index (χ1) is 23.2. The summed E-state index contributed by atoms with van der Waals surface area (Å²) in [4.78, 5) is 33.6. The van der Waals surface area contributed by atoms with E-state index in [1.165, 1.54) is 24.0 Å². The molecule has 0 N–H and O–H groups in total. The first-order valence-corrected chi connectivity index (χ1v) is 18.3. The highest BCUT2D eigenvalue weighted by Gasteiger charge is 2.10. The molecule has 0 saturated carbocycles. The molecule has 8 nitrogen and oxygen atoms in total. The summed E-state index contributed by atoms with van der Waals surface area (Å²) in [6, 6.07) is 16.5. The van der Waals surface area contributed by atoms with Gasteiger partial charge in [-0.2, -0.15) is 0 Å². The van der Waals surface area contributed by atoms with Crippen LogP contribution in [0.15, 0.2) is 48.5 Å². The Kier molecular flexibility index (Phi) is 21.4. The van der Waals surface area contributed by atoms with E-state index in [1.54, 1.807) is 14.2 Å². The highest BCUT2D eigenvalue weighted by molar-refractivity contribution is 5.76. The lowest BCUT2D eigenvalue weighted by molar-refractivity contribution is -0.130. The molecule has 2 aromatic carbocycles. The average molecular weight is 667 g/mol. The highest BCUT2D eigenvalue weighted by atomic mass is 16.5. The Morgan fingerprint density at radius 3 is 1.25 bits per heavy atom. The molecule has 0 atom stereocenters. The number of ether oxygens (including phenoxy) is 2. The molecular weight excluding hydrogens is 600 g/mol. The molecule has 8 heteroatoms. The number of hydrogen-bond donors (Lipinski definition) is 0. The van der Waals surface area contributed by atoms with E-state index in [0.29, 0.717) is 12.8 Å². The van der Waals surface area contributed by atoms with Crippen LogP contribution in [0.3, 0.4) is 0 Å². The molecule has 2 rings (SSSR count). The van der Waals surface area contributed by atoms with Gasteiger partial charge in [-0.15, -0.1) is 0 Å². The molecule has 2 aromatic rings. The standard InChI is InChI=1S/C40H66N4O4/c1-41(33-35-21-19-23-37(31-35)47-5)27-15-11-13-25-39(45)43(3)29-17-9-7-8-10-18-30-44(4)40(46)26-14-12-16-28-42(2)34-36-22-20-24-38(32-36)48-6/h19-24,31-32H,7-18,25-30,33-34H2,1-6H3. The Balaban J connectivity index is 1.39. The molecule has 0 aliphatic rings. The Hall–Kier alpha value is -3.10. The second-order valence-corrected chi connectivity index (χ2v) is 13.6. The number of rotatable bonds is 27. The van der Waals surface area contributed by atoms with Gasteiger partial charge in [0.2, 0.25) is 11.8 Å². The Labute approximate surface area is 292 Å². The van der Waals surface area contributed by atoms with Gasteiger partial charge < -0.3 is 29.1 Å². The minimum absolute atomic E-state index is 0.268. The topological polar surface area (TPSA) is 65.6 Å². The third-order valence-corrected chi connectivity index (χ3v) is 9.12. The van der Waals surface area contributed by atoms with Crippen LogP contribution in [-0.4, -0.2) is 100 Å². The monoisotopic (exact) mass is 667 g/mol. The number of amides is 2. The van der Waals surface area contributed by atoms with E-state index in [4.69, 9.17) is 9.47 Å². The number of unbranched alkanes of at least 4 members (excludes halogenated alkanes) is 9. The van der Waals surface area contributed by atoms with Crippen molar-refractivity contribution in [2.75, 3.05) is 68.6 Å². The first-order valence-electron chi connectivity index (χ1n) is 18.3. The molecule has 2 amide bonds. The SMILES string of the molecule is COc1cccc(CN(C)CCCCCC(=O)N(C)CCCCCCCCN(C)C(=O)CCCCCN(C)Cc2cccc(OC)c2)c1. The van der Waals surface area contributed by atoms with Crippen LogP contribution in [-0.2, 0) is 22.7 Å². The molecule has 0 aromatic heterocycles. The van der Waals surface area contributed by atoms with Crippen LogP contribution in [0.2, 0.25) is 0 Å². The van der Waals surface area contributed by atoms with Crippen molar-refractivity contribution in [2.45, 2.75) is 103 Å². The molecule has 0 radical (unpaired) electrons. The molecule has 270 valence electrons. The number of methoxy groups -OCH3 is 2. The van der Waals surface area contributed by atoms with Gasteiger partial charge in [0.1, 0.15) is 11.5 Å². The maximum Gasteiger partial charge on any atom is 0.222 e. The zero-order chi connectivity index (χ0) is 35.0. The van der Waals surface area contributed by atoms with Crippen molar-refractivity contribution < 1.29 is 19.1 Å². The summed E-state index contributed by atoms with van der Waals surface area (Å²) in [5, 5.41) is 0. The van der Waals surface area contributed by atoms with Crippen molar-refractivity contribution in [1.29, 1.82) is 0 Å². The van der Waals surface area contributed by atoms with Crippen molar-refractivity contribution in [1.82, 2.24) is 19.6 Å². The van der Waals surface area contributed by atoms with Gasteiger partial charge in [-0.3, -0.25) is 9.59 Å². The van der Waals surface area contributed by atoms with E-state index in [1.807, 2.05) is 48.2 Å². The van der Waals surface area contributed by atoms with Crippen molar-refractivity contribution >= 4 is 11.8 Å². The summed E-state index contributed by atoms with van der Waals surface area (Å²) in [6.45, 7) is 5.56. The maximum atomic E-state index is 12.5. The van der Waals surface area contributed by atoms with Crippen LogP contribution in [0, 0.1) is 0 Å². The lowest BCUT2D eigenvalue weighted by atomic mass is 10.1. The smallest absolute Gasteiger partial charge is 0.222 e. The lowest BCUT2D eigenvalue weighted by Crippen LogP contribution is -2.27. The van der Waals surface area contributed by atoms with Crippen LogP contribution in [0.1, 0.15) is 101 Å². The zero-order valence-electron chi connectivity index (χ0n) is 31.2. The number of carbonyl (C=O) groups excluding carboxylic acids is 2. The quantitative estimate of drug-likeness (QED) is 0.0914. The number of benzene rings is 2.